The van der Waals surface area contributed by atoms with Crippen LogP contribution in [0.1, 0.15) is 58.8 Å². The number of aliphatic hydroxyl groups is 2. The molecule has 0 bridgehead atoms. The number of hydrogen-bond donors (Lipinski definition) is 2. The van der Waals surface area contributed by atoms with Crippen LogP contribution in [0.15, 0.2) is 11.6 Å². The highest BCUT2D eigenvalue weighted by Crippen LogP contribution is 2.65. The topological polar surface area (TPSA) is 40.5 Å². The second kappa shape index (κ2) is 5.11. The van der Waals surface area contributed by atoms with Crippen LogP contribution >= 0.6 is 0 Å². The zero-order valence-corrected chi connectivity index (χ0v) is 14.5. The van der Waals surface area contributed by atoms with Gasteiger partial charge in [0.2, 0.25) is 0 Å². The van der Waals surface area contributed by atoms with Crippen LogP contribution in [0.5, 0.6) is 0 Å². The van der Waals surface area contributed by atoms with E-state index in [1.165, 1.54) is 18.4 Å². The Balaban J connectivity index is 1.73. The quantitative estimate of drug-likeness (QED) is 0.530. The number of fused-ring (bicyclic) bond motifs is 5. The largest absolute Gasteiger partial charge is 0.393 e. The highest BCUT2D eigenvalue weighted by atomic mass is 16.3. The number of allylic oxidation sites excluding steroid dienone is 1. The maximum Gasteiger partial charge on any atom is 0.0596 e. The first-order valence-corrected chi connectivity index (χ1v) is 9.43. The van der Waals surface area contributed by atoms with Gasteiger partial charge in [0, 0.05) is 11.3 Å². The zero-order chi connectivity index (χ0) is 16.4. The maximum absolute atomic E-state index is 10.5. The van der Waals surface area contributed by atoms with Gasteiger partial charge in [0.25, 0.3) is 0 Å². The number of rotatable bonds is 0. The normalized spacial score (nSPS) is 55.2. The Morgan fingerprint density at radius 3 is 2.70 bits per heavy atom. The number of aliphatic hydroxyl groups excluding tert-OH is 2. The van der Waals surface area contributed by atoms with E-state index in [4.69, 9.17) is 6.42 Å². The molecular weight excluding hydrogens is 284 g/mol. The third-order valence-electron chi connectivity index (χ3n) is 8.37. The van der Waals surface area contributed by atoms with E-state index in [2.05, 4.69) is 25.8 Å². The molecule has 0 aromatic heterocycles. The zero-order valence-electron chi connectivity index (χ0n) is 14.5. The highest BCUT2D eigenvalue weighted by Gasteiger charge is 2.60. The fourth-order valence-corrected chi connectivity index (χ4v) is 6.95. The Morgan fingerprint density at radius 2 is 1.96 bits per heavy atom. The highest BCUT2D eigenvalue weighted by molar-refractivity contribution is 5.30. The summed E-state index contributed by atoms with van der Waals surface area (Å²) < 4.78 is 0. The minimum atomic E-state index is -0.269. The van der Waals surface area contributed by atoms with Crippen LogP contribution in [0.25, 0.3) is 0 Å². The van der Waals surface area contributed by atoms with Crippen LogP contribution in [0.3, 0.4) is 0 Å². The molecule has 0 aromatic carbocycles. The summed E-state index contributed by atoms with van der Waals surface area (Å²) in [5.74, 6) is 5.11. The van der Waals surface area contributed by atoms with Gasteiger partial charge in [0.05, 0.1) is 12.2 Å². The van der Waals surface area contributed by atoms with E-state index in [-0.39, 0.29) is 29.0 Å². The molecule has 23 heavy (non-hydrogen) atoms. The predicted molar refractivity (Wildman–Crippen MR) is 91.4 cm³/mol. The van der Waals surface area contributed by atoms with Gasteiger partial charge in [-0.25, -0.2) is 0 Å². The second-order valence-corrected chi connectivity index (χ2v) is 9.08. The maximum atomic E-state index is 10.5. The van der Waals surface area contributed by atoms with Gasteiger partial charge in [-0.3, -0.25) is 0 Å². The van der Waals surface area contributed by atoms with Gasteiger partial charge in [-0.1, -0.05) is 25.5 Å². The molecule has 0 aliphatic heterocycles. The van der Waals surface area contributed by atoms with E-state index >= 15 is 0 Å². The summed E-state index contributed by atoms with van der Waals surface area (Å²) in [6.45, 7) is 4.69. The molecule has 3 saturated carbocycles. The number of terminal acetylenes is 1. The van der Waals surface area contributed by atoms with Crippen molar-refractivity contribution in [3.8, 4) is 12.3 Å². The monoisotopic (exact) mass is 314 g/mol. The minimum Gasteiger partial charge on any atom is -0.393 e. The minimum absolute atomic E-state index is 0.0613. The standard InChI is InChI=1S/C21H30O2/c1-4-13-11-15(22)12-14-5-6-16-17-7-8-19(23)20(17,2)10-9-18(16)21(13,14)3/h1,5,13,15-19,22-23H,6-12H2,2-3H3/t13?,15-,16-,17-,18-,19-,20-,21-/m0/s1. The molecule has 4 aliphatic carbocycles. The van der Waals surface area contributed by atoms with E-state index in [9.17, 15) is 10.2 Å². The molecule has 0 heterocycles. The van der Waals surface area contributed by atoms with E-state index in [0.29, 0.717) is 17.8 Å². The molecular formula is C21H30O2. The van der Waals surface area contributed by atoms with Crippen molar-refractivity contribution in [3.63, 3.8) is 0 Å². The average molecular weight is 314 g/mol. The van der Waals surface area contributed by atoms with Crippen LogP contribution in [-0.2, 0) is 0 Å². The van der Waals surface area contributed by atoms with Crippen molar-refractivity contribution in [1.82, 2.24) is 0 Å². The third-order valence-corrected chi connectivity index (χ3v) is 8.37. The molecule has 4 rings (SSSR count). The molecule has 0 aromatic rings. The summed E-state index contributed by atoms with van der Waals surface area (Å²) in [6, 6.07) is 0. The molecule has 126 valence electrons. The van der Waals surface area contributed by atoms with Gasteiger partial charge in [0.1, 0.15) is 0 Å². The summed E-state index contributed by atoms with van der Waals surface area (Å²) in [5, 5.41) is 20.7. The van der Waals surface area contributed by atoms with Gasteiger partial charge < -0.3 is 10.2 Å². The Hall–Kier alpha value is -0.780. The molecule has 0 amide bonds. The third kappa shape index (κ3) is 1.96. The predicted octanol–water partition coefficient (Wildman–Crippen LogP) is 3.53. The first kappa shape index (κ1) is 15.7. The van der Waals surface area contributed by atoms with Gasteiger partial charge in [-0.2, -0.15) is 0 Å². The lowest BCUT2D eigenvalue weighted by atomic mass is 9.45. The van der Waals surface area contributed by atoms with Crippen LogP contribution in [-0.4, -0.2) is 22.4 Å². The van der Waals surface area contributed by atoms with Crippen LogP contribution in [0, 0.1) is 46.8 Å². The van der Waals surface area contributed by atoms with Crippen molar-refractivity contribution in [2.24, 2.45) is 34.5 Å². The molecule has 2 nitrogen and oxygen atoms in total. The second-order valence-electron chi connectivity index (χ2n) is 9.08. The molecule has 2 N–H and O–H groups in total. The van der Waals surface area contributed by atoms with Crippen LogP contribution in [0.2, 0.25) is 0 Å². The molecule has 1 unspecified atom stereocenters. The molecule has 0 spiro atoms. The fourth-order valence-electron chi connectivity index (χ4n) is 6.95. The van der Waals surface area contributed by atoms with Gasteiger partial charge in [0.15, 0.2) is 0 Å². The fraction of sp³-hybridized carbons (Fsp3) is 0.810. The Kier molecular flexibility index (Phi) is 3.49. The molecule has 8 atom stereocenters. The van der Waals surface area contributed by atoms with E-state index in [1.807, 2.05) is 0 Å². The Bertz CT molecular complexity index is 573. The van der Waals surface area contributed by atoms with E-state index in [1.54, 1.807) is 0 Å². The van der Waals surface area contributed by atoms with E-state index < -0.39 is 0 Å². The Labute approximate surface area is 140 Å². The van der Waals surface area contributed by atoms with Gasteiger partial charge in [-0.05, 0) is 68.1 Å². The lowest BCUT2D eigenvalue weighted by molar-refractivity contribution is -0.0804. The summed E-state index contributed by atoms with van der Waals surface area (Å²) in [6.07, 6.45) is 15.0. The van der Waals surface area contributed by atoms with Gasteiger partial charge >= 0.3 is 0 Å². The van der Waals surface area contributed by atoms with Crippen molar-refractivity contribution >= 4 is 0 Å². The van der Waals surface area contributed by atoms with Crippen molar-refractivity contribution in [1.29, 1.82) is 0 Å². The molecule has 3 fully saturated rings. The summed E-state index contributed by atoms with van der Waals surface area (Å²) in [4.78, 5) is 0. The SMILES string of the molecule is C#CC1C[C@H](O)CC2=CC[C@H]3[C@@H]4CC[C@H](O)[C@@]4(C)CC[C@@H]3[C@]21C. The lowest BCUT2D eigenvalue weighted by Gasteiger charge is -2.59. The van der Waals surface area contributed by atoms with E-state index in [0.717, 1.165) is 32.1 Å². The summed E-state index contributed by atoms with van der Waals surface area (Å²) >= 11 is 0. The van der Waals surface area contributed by atoms with Crippen molar-refractivity contribution in [3.05, 3.63) is 11.6 Å². The molecule has 4 aliphatic rings. The Morgan fingerprint density at radius 1 is 1.17 bits per heavy atom. The first-order chi connectivity index (χ1) is 10.9. The van der Waals surface area contributed by atoms with Crippen LogP contribution in [0.4, 0.5) is 0 Å². The van der Waals surface area contributed by atoms with Gasteiger partial charge in [-0.15, -0.1) is 12.3 Å². The molecule has 2 heteroatoms. The lowest BCUT2D eigenvalue weighted by Crippen LogP contribution is -2.53. The average Bonchev–Trinajstić information content (AvgIpc) is 2.83. The van der Waals surface area contributed by atoms with Crippen molar-refractivity contribution in [2.45, 2.75) is 71.0 Å². The molecule has 0 radical (unpaired) electrons. The molecule has 0 saturated heterocycles. The number of hydrogen-bond acceptors (Lipinski definition) is 2. The first-order valence-electron chi connectivity index (χ1n) is 9.43. The summed E-state index contributed by atoms with van der Waals surface area (Å²) in [5.41, 5.74) is 1.59. The smallest absolute Gasteiger partial charge is 0.0596 e. The summed E-state index contributed by atoms with van der Waals surface area (Å²) in [7, 11) is 0. The van der Waals surface area contributed by atoms with Crippen molar-refractivity contribution in [2.75, 3.05) is 0 Å². The van der Waals surface area contributed by atoms with Crippen LogP contribution < -0.4 is 0 Å². The van der Waals surface area contributed by atoms with Crippen molar-refractivity contribution < 1.29 is 10.2 Å².